The number of rotatable bonds is 3. The van der Waals surface area contributed by atoms with Crippen LogP contribution in [0.25, 0.3) is 27.7 Å². The van der Waals surface area contributed by atoms with Crippen LogP contribution < -0.4 is 5.56 Å². The van der Waals surface area contributed by atoms with Crippen molar-refractivity contribution in [1.82, 2.24) is 9.47 Å². The summed E-state index contributed by atoms with van der Waals surface area (Å²) in [6.07, 6.45) is 1.04. The SMILES string of the molecule is O=C1c2ccccc2-c2c1c1ccccc1c(=O)n2-c1cccc(C(=O)N2CCC[C@H]2C(=O)O)c1. The van der Waals surface area contributed by atoms with Crippen LogP contribution >= 0.6 is 0 Å². The molecule has 1 saturated heterocycles. The molecule has 0 unspecified atom stereocenters. The molecule has 1 aromatic heterocycles. The molecule has 7 heteroatoms. The van der Waals surface area contributed by atoms with E-state index in [1.807, 2.05) is 12.1 Å². The molecule has 1 aliphatic carbocycles. The first-order valence-electron chi connectivity index (χ1n) is 11.4. The summed E-state index contributed by atoms with van der Waals surface area (Å²) >= 11 is 0. The smallest absolute Gasteiger partial charge is 0.326 e. The van der Waals surface area contributed by atoms with E-state index in [4.69, 9.17) is 0 Å². The van der Waals surface area contributed by atoms with Gasteiger partial charge in [0.15, 0.2) is 5.78 Å². The van der Waals surface area contributed by atoms with Crippen LogP contribution in [-0.4, -0.2) is 44.8 Å². The zero-order valence-corrected chi connectivity index (χ0v) is 18.6. The van der Waals surface area contributed by atoms with E-state index >= 15 is 0 Å². The molecular formula is C28H20N2O5. The van der Waals surface area contributed by atoms with Crippen LogP contribution in [0.2, 0.25) is 0 Å². The van der Waals surface area contributed by atoms with Crippen LogP contribution in [0.3, 0.4) is 0 Å². The molecule has 7 nitrogen and oxygen atoms in total. The highest BCUT2D eigenvalue weighted by molar-refractivity contribution is 6.26. The second kappa shape index (κ2) is 7.77. The fraction of sp³-hybridized carbons (Fsp3) is 0.143. The number of benzene rings is 3. The Hall–Kier alpha value is -4.52. The molecule has 172 valence electrons. The van der Waals surface area contributed by atoms with E-state index in [1.54, 1.807) is 60.7 Å². The molecule has 1 aliphatic heterocycles. The molecule has 1 amide bonds. The van der Waals surface area contributed by atoms with Crippen LogP contribution in [0, 0.1) is 0 Å². The predicted octanol–water partition coefficient (Wildman–Crippen LogP) is 3.89. The quantitative estimate of drug-likeness (QED) is 0.437. The summed E-state index contributed by atoms with van der Waals surface area (Å²) in [5, 5.41) is 10.5. The number of carboxylic acid groups (broad SMARTS) is 1. The molecule has 1 fully saturated rings. The molecular weight excluding hydrogens is 444 g/mol. The summed E-state index contributed by atoms with van der Waals surface area (Å²) in [7, 11) is 0. The number of nitrogens with zero attached hydrogens (tertiary/aromatic N) is 2. The van der Waals surface area contributed by atoms with Gasteiger partial charge in [-0.05, 0) is 37.1 Å². The van der Waals surface area contributed by atoms with E-state index in [0.717, 1.165) is 0 Å². The van der Waals surface area contributed by atoms with Gasteiger partial charge in [-0.2, -0.15) is 0 Å². The van der Waals surface area contributed by atoms with Crippen molar-refractivity contribution in [2.75, 3.05) is 6.54 Å². The average Bonchev–Trinajstić information content (AvgIpc) is 3.48. The van der Waals surface area contributed by atoms with E-state index in [-0.39, 0.29) is 11.3 Å². The normalized spacial score (nSPS) is 16.4. The maximum absolute atomic E-state index is 13.8. The number of pyridine rings is 1. The highest BCUT2D eigenvalue weighted by Gasteiger charge is 2.35. The number of fused-ring (bicyclic) bond motifs is 5. The van der Waals surface area contributed by atoms with E-state index in [2.05, 4.69) is 0 Å². The van der Waals surface area contributed by atoms with Crippen LogP contribution in [-0.2, 0) is 4.79 Å². The van der Waals surface area contributed by atoms with Gasteiger partial charge in [0.1, 0.15) is 6.04 Å². The predicted molar refractivity (Wildman–Crippen MR) is 130 cm³/mol. The Morgan fingerprint density at radius 3 is 2.34 bits per heavy atom. The Morgan fingerprint density at radius 2 is 1.57 bits per heavy atom. The summed E-state index contributed by atoms with van der Waals surface area (Å²) in [5.41, 5.74) is 2.60. The molecule has 0 bridgehead atoms. The number of ketones is 1. The summed E-state index contributed by atoms with van der Waals surface area (Å²) in [4.78, 5) is 53.4. The lowest BCUT2D eigenvalue weighted by Crippen LogP contribution is -2.40. The van der Waals surface area contributed by atoms with Gasteiger partial charge in [0.25, 0.3) is 11.5 Å². The van der Waals surface area contributed by atoms with Gasteiger partial charge < -0.3 is 10.0 Å². The first-order chi connectivity index (χ1) is 17.0. The molecule has 6 rings (SSSR count). The van der Waals surface area contributed by atoms with Gasteiger partial charge in [0.05, 0.1) is 16.9 Å². The third-order valence-electron chi connectivity index (χ3n) is 6.89. The van der Waals surface area contributed by atoms with Gasteiger partial charge in [0.2, 0.25) is 0 Å². The zero-order valence-electron chi connectivity index (χ0n) is 18.6. The van der Waals surface area contributed by atoms with Gasteiger partial charge in [-0.1, -0.05) is 48.5 Å². The van der Waals surface area contributed by atoms with Crippen molar-refractivity contribution in [3.63, 3.8) is 0 Å². The number of hydrogen-bond donors (Lipinski definition) is 1. The number of likely N-dealkylation sites (tertiary alicyclic amines) is 1. The van der Waals surface area contributed by atoms with Gasteiger partial charge >= 0.3 is 5.97 Å². The van der Waals surface area contributed by atoms with Crippen LogP contribution in [0.1, 0.15) is 39.1 Å². The first-order valence-corrected chi connectivity index (χ1v) is 11.4. The second-order valence-corrected chi connectivity index (χ2v) is 8.83. The Kier molecular flexibility index (Phi) is 4.67. The summed E-state index contributed by atoms with van der Waals surface area (Å²) < 4.78 is 1.50. The van der Waals surface area contributed by atoms with Crippen molar-refractivity contribution in [2.45, 2.75) is 18.9 Å². The molecule has 0 spiro atoms. The largest absolute Gasteiger partial charge is 0.480 e. The third-order valence-corrected chi connectivity index (χ3v) is 6.89. The van der Waals surface area contributed by atoms with Crippen molar-refractivity contribution >= 4 is 28.4 Å². The number of carbonyl (C=O) groups excluding carboxylic acids is 2. The van der Waals surface area contributed by atoms with Crippen molar-refractivity contribution in [3.8, 4) is 16.9 Å². The molecule has 2 aliphatic rings. The Labute approximate surface area is 199 Å². The molecule has 0 saturated carbocycles. The van der Waals surface area contributed by atoms with E-state index in [1.165, 1.54) is 9.47 Å². The van der Waals surface area contributed by atoms with Gasteiger partial charge in [0, 0.05) is 34.0 Å². The van der Waals surface area contributed by atoms with E-state index in [9.17, 15) is 24.3 Å². The van der Waals surface area contributed by atoms with Crippen molar-refractivity contribution in [1.29, 1.82) is 0 Å². The number of carboxylic acids is 1. The lowest BCUT2D eigenvalue weighted by atomic mass is 10.0. The number of aliphatic carboxylic acids is 1. The molecule has 0 radical (unpaired) electrons. The Morgan fingerprint density at radius 1 is 0.857 bits per heavy atom. The summed E-state index contributed by atoms with van der Waals surface area (Å²) in [6, 6.07) is 20.0. The van der Waals surface area contributed by atoms with Crippen molar-refractivity contribution in [2.24, 2.45) is 0 Å². The molecule has 35 heavy (non-hydrogen) atoms. The van der Waals surface area contributed by atoms with Gasteiger partial charge in [-0.25, -0.2) is 4.79 Å². The van der Waals surface area contributed by atoms with Crippen LogP contribution in [0.4, 0.5) is 0 Å². The fourth-order valence-electron chi connectivity index (χ4n) is 5.31. The minimum atomic E-state index is -1.02. The standard InChI is InChI=1S/C28H20N2O5/c31-25-20-11-3-2-10-19(20)24-23(25)18-9-1-4-12-21(18)27(33)30(24)17-8-5-7-16(15-17)26(32)29-14-6-13-22(29)28(34)35/h1-5,7-12,15,22H,6,13-14H2,(H,34,35)/t22-/m0/s1. The van der Waals surface area contributed by atoms with E-state index < -0.39 is 17.9 Å². The molecule has 1 N–H and O–H groups in total. The zero-order chi connectivity index (χ0) is 24.3. The molecule has 3 aromatic carbocycles. The Bertz CT molecular complexity index is 1630. The number of carbonyl (C=O) groups is 3. The minimum absolute atomic E-state index is 0.144. The van der Waals surface area contributed by atoms with Crippen LogP contribution in [0.15, 0.2) is 77.6 Å². The summed E-state index contributed by atoms with van der Waals surface area (Å²) in [6.45, 7) is 0.368. The van der Waals surface area contributed by atoms with Crippen molar-refractivity contribution < 1.29 is 19.5 Å². The number of aromatic nitrogens is 1. The van der Waals surface area contributed by atoms with Crippen molar-refractivity contribution in [3.05, 3.63) is 99.8 Å². The number of amides is 1. The van der Waals surface area contributed by atoms with Crippen LogP contribution in [0.5, 0.6) is 0 Å². The molecule has 2 heterocycles. The summed E-state index contributed by atoms with van der Waals surface area (Å²) in [5.74, 6) is -1.56. The monoisotopic (exact) mass is 464 g/mol. The highest BCUT2D eigenvalue weighted by atomic mass is 16.4. The fourth-order valence-corrected chi connectivity index (χ4v) is 5.31. The van der Waals surface area contributed by atoms with Gasteiger partial charge in [-0.3, -0.25) is 19.0 Å². The Balaban J connectivity index is 1.59. The molecule has 4 aromatic rings. The first kappa shape index (κ1) is 21.0. The lowest BCUT2D eigenvalue weighted by Gasteiger charge is -2.22. The van der Waals surface area contributed by atoms with Gasteiger partial charge in [-0.15, -0.1) is 0 Å². The lowest BCUT2D eigenvalue weighted by molar-refractivity contribution is -0.141. The van der Waals surface area contributed by atoms with E-state index in [0.29, 0.717) is 63.8 Å². The maximum Gasteiger partial charge on any atom is 0.326 e. The number of hydrogen-bond acceptors (Lipinski definition) is 4. The second-order valence-electron chi connectivity index (χ2n) is 8.83. The highest BCUT2D eigenvalue weighted by Crippen LogP contribution is 2.40. The minimum Gasteiger partial charge on any atom is -0.480 e. The third kappa shape index (κ3) is 3.05. The maximum atomic E-state index is 13.8. The molecule has 1 atom stereocenters. The topological polar surface area (TPSA) is 96.7 Å². The average molecular weight is 464 g/mol.